The van der Waals surface area contributed by atoms with Crippen LogP contribution in [0.4, 0.5) is 0 Å². The van der Waals surface area contributed by atoms with Gasteiger partial charge in [0.05, 0.1) is 27.6 Å². The lowest BCUT2D eigenvalue weighted by atomic mass is 10.0. The highest BCUT2D eigenvalue weighted by molar-refractivity contribution is 7.99. The van der Waals surface area contributed by atoms with Crippen molar-refractivity contribution in [3.8, 4) is 33.8 Å². The molecule has 6 aromatic carbocycles. The molecule has 11 rings (SSSR count). The second-order valence-corrected chi connectivity index (χ2v) is 13.7. The zero-order valence-corrected chi connectivity index (χ0v) is 27.0. The first-order valence-electron chi connectivity index (χ1n) is 16.5. The van der Waals surface area contributed by atoms with E-state index in [1.807, 2.05) is 12.3 Å². The van der Waals surface area contributed by atoms with Crippen molar-refractivity contribution < 1.29 is 0 Å². The van der Waals surface area contributed by atoms with E-state index >= 15 is 0 Å². The van der Waals surface area contributed by atoms with Crippen molar-refractivity contribution in [3.05, 3.63) is 158 Å². The topological polar surface area (TPSA) is 35.6 Å². The van der Waals surface area contributed by atoms with Gasteiger partial charge >= 0.3 is 0 Å². The van der Waals surface area contributed by atoms with E-state index in [4.69, 9.17) is 9.97 Å². The standard InChI is InChI=1S/C44H26N4S/c1-2-10-29(11-3-1)47-37-16-6-4-12-30(37)33-24-27(19-21-39(33)47)28-20-22-40-34(25-28)31-13-5-7-17-38(31)48(40)42-26-35-32-14-9-23-45-44(32)49-41-18-8-15-36(46-42)43(35)41/h1-26H. The number of benzene rings is 6. The van der Waals surface area contributed by atoms with Crippen molar-refractivity contribution in [2.45, 2.75) is 9.92 Å². The second kappa shape index (κ2) is 10.2. The molecule has 228 valence electrons. The number of hydrogen-bond acceptors (Lipinski definition) is 3. The van der Waals surface area contributed by atoms with Crippen LogP contribution in [0.15, 0.2) is 168 Å². The van der Waals surface area contributed by atoms with Gasteiger partial charge in [-0.05, 0) is 89.5 Å². The molecular weight excluding hydrogens is 617 g/mol. The van der Waals surface area contributed by atoms with E-state index in [9.17, 15) is 0 Å². The molecule has 0 fully saturated rings. The van der Waals surface area contributed by atoms with Gasteiger partial charge in [0.1, 0.15) is 10.8 Å². The molecule has 0 saturated carbocycles. The van der Waals surface area contributed by atoms with Gasteiger partial charge < -0.3 is 4.57 Å². The van der Waals surface area contributed by atoms with Crippen molar-refractivity contribution in [2.75, 3.05) is 0 Å². The molecule has 0 aliphatic carbocycles. The minimum atomic E-state index is 0.912. The molecule has 1 aliphatic rings. The van der Waals surface area contributed by atoms with Crippen LogP contribution in [0.2, 0.25) is 0 Å². The van der Waals surface area contributed by atoms with Gasteiger partial charge in [0.25, 0.3) is 0 Å². The fraction of sp³-hybridized carbons (Fsp3) is 0. The number of rotatable bonds is 3. The molecule has 0 atom stereocenters. The molecular formula is C44H26N4S. The fourth-order valence-corrected chi connectivity index (χ4v) is 8.91. The molecule has 0 saturated heterocycles. The Morgan fingerprint density at radius 2 is 1.12 bits per heavy atom. The van der Waals surface area contributed by atoms with Crippen LogP contribution in [0.3, 0.4) is 0 Å². The van der Waals surface area contributed by atoms with Crippen molar-refractivity contribution in [1.29, 1.82) is 0 Å². The summed E-state index contributed by atoms with van der Waals surface area (Å²) in [6.45, 7) is 0. The Hall–Kier alpha value is -6.17. The van der Waals surface area contributed by atoms with Crippen LogP contribution in [0.1, 0.15) is 0 Å². The third-order valence-corrected chi connectivity index (χ3v) is 11.1. The van der Waals surface area contributed by atoms with E-state index in [1.54, 1.807) is 11.8 Å². The van der Waals surface area contributed by atoms with Crippen molar-refractivity contribution in [1.82, 2.24) is 19.1 Å². The number of pyridine rings is 2. The van der Waals surface area contributed by atoms with E-state index in [1.165, 1.54) is 65.2 Å². The number of fused-ring (bicyclic) bond motifs is 8. The second-order valence-electron chi connectivity index (χ2n) is 12.6. The maximum absolute atomic E-state index is 5.29. The van der Waals surface area contributed by atoms with Gasteiger partial charge in [-0.2, -0.15) is 0 Å². The van der Waals surface area contributed by atoms with Crippen molar-refractivity contribution in [2.24, 2.45) is 0 Å². The summed E-state index contributed by atoms with van der Waals surface area (Å²) in [6.07, 6.45) is 1.88. The molecule has 0 spiro atoms. The Labute approximate surface area is 285 Å². The van der Waals surface area contributed by atoms with Gasteiger partial charge in [0.15, 0.2) is 0 Å². The summed E-state index contributed by atoms with van der Waals surface area (Å²) in [5.74, 6) is 0.912. The van der Waals surface area contributed by atoms with Gasteiger partial charge in [-0.3, -0.25) is 4.57 Å². The van der Waals surface area contributed by atoms with E-state index in [0.29, 0.717) is 0 Å². The van der Waals surface area contributed by atoms with Gasteiger partial charge in [0, 0.05) is 49.3 Å². The number of nitrogens with zero attached hydrogens (tertiary/aromatic N) is 4. The maximum Gasteiger partial charge on any atom is 0.138 e. The number of hydrogen-bond donors (Lipinski definition) is 0. The zero-order valence-electron chi connectivity index (χ0n) is 26.2. The van der Waals surface area contributed by atoms with Gasteiger partial charge in [-0.15, -0.1) is 0 Å². The Morgan fingerprint density at radius 1 is 0.469 bits per heavy atom. The minimum Gasteiger partial charge on any atom is -0.309 e. The normalized spacial score (nSPS) is 12.4. The lowest BCUT2D eigenvalue weighted by Gasteiger charge is -2.20. The Bertz CT molecular complexity index is 2970. The zero-order chi connectivity index (χ0) is 32.1. The Kier molecular flexibility index (Phi) is 5.57. The summed E-state index contributed by atoms with van der Waals surface area (Å²) in [6, 6.07) is 54.6. The third-order valence-electron chi connectivity index (χ3n) is 9.97. The van der Waals surface area contributed by atoms with Crippen LogP contribution in [-0.2, 0) is 0 Å². The van der Waals surface area contributed by atoms with Crippen LogP contribution in [0, 0.1) is 0 Å². The molecule has 0 unspecified atom stereocenters. The number of aromatic nitrogens is 4. The summed E-state index contributed by atoms with van der Waals surface area (Å²) in [4.78, 5) is 11.2. The highest BCUT2D eigenvalue weighted by Crippen LogP contribution is 2.47. The Morgan fingerprint density at radius 3 is 1.88 bits per heavy atom. The first-order valence-corrected chi connectivity index (χ1v) is 17.3. The molecule has 0 bridgehead atoms. The first-order chi connectivity index (χ1) is 24.3. The SMILES string of the molecule is c1ccc(-n2c3ccccc3c3cc(-c4ccc5c(c4)c4ccccc4n5-c4cc5c6c(cccc6n4)Sc4ncccc4-5)ccc32)cc1. The molecule has 4 aromatic heterocycles. The Balaban J connectivity index is 1.12. The average Bonchev–Trinajstić information content (AvgIpc) is 3.67. The maximum atomic E-state index is 5.29. The molecule has 5 heterocycles. The molecule has 10 aromatic rings. The summed E-state index contributed by atoms with van der Waals surface area (Å²) < 4.78 is 4.69. The van der Waals surface area contributed by atoms with E-state index in [-0.39, 0.29) is 0 Å². The van der Waals surface area contributed by atoms with Crippen LogP contribution in [0.25, 0.3) is 88.3 Å². The molecule has 0 N–H and O–H groups in total. The van der Waals surface area contributed by atoms with Crippen molar-refractivity contribution >= 4 is 66.3 Å². The van der Waals surface area contributed by atoms with E-state index in [2.05, 4.69) is 155 Å². The predicted octanol–water partition coefficient (Wildman–Crippen LogP) is 11.6. The molecule has 4 nitrogen and oxygen atoms in total. The summed E-state index contributed by atoms with van der Waals surface area (Å²) in [7, 11) is 0. The molecule has 0 amide bonds. The monoisotopic (exact) mass is 642 g/mol. The summed E-state index contributed by atoms with van der Waals surface area (Å²) in [5.41, 5.74) is 11.6. The molecule has 0 radical (unpaired) electrons. The summed E-state index contributed by atoms with van der Waals surface area (Å²) >= 11 is 1.72. The largest absolute Gasteiger partial charge is 0.309 e. The number of para-hydroxylation sites is 3. The lowest BCUT2D eigenvalue weighted by Crippen LogP contribution is -2.02. The van der Waals surface area contributed by atoms with Gasteiger partial charge in [-0.1, -0.05) is 90.6 Å². The van der Waals surface area contributed by atoms with Crippen LogP contribution in [-0.4, -0.2) is 19.1 Å². The smallest absolute Gasteiger partial charge is 0.138 e. The van der Waals surface area contributed by atoms with Crippen LogP contribution >= 0.6 is 11.8 Å². The highest BCUT2D eigenvalue weighted by Gasteiger charge is 2.23. The highest BCUT2D eigenvalue weighted by atomic mass is 32.2. The fourth-order valence-electron chi connectivity index (χ4n) is 7.84. The van der Waals surface area contributed by atoms with E-state index < -0.39 is 0 Å². The summed E-state index contributed by atoms with van der Waals surface area (Å²) in [5, 5.41) is 7.16. The lowest BCUT2D eigenvalue weighted by molar-refractivity contribution is 1.09. The van der Waals surface area contributed by atoms with Crippen LogP contribution < -0.4 is 0 Å². The third kappa shape index (κ3) is 3.88. The molecule has 49 heavy (non-hydrogen) atoms. The van der Waals surface area contributed by atoms with Gasteiger partial charge in [-0.25, -0.2) is 9.97 Å². The minimum absolute atomic E-state index is 0.912. The van der Waals surface area contributed by atoms with Gasteiger partial charge in [0.2, 0.25) is 0 Å². The van der Waals surface area contributed by atoms with E-state index in [0.717, 1.165) is 33.0 Å². The first kappa shape index (κ1) is 26.9. The predicted molar refractivity (Wildman–Crippen MR) is 203 cm³/mol. The molecule has 5 heteroatoms. The van der Waals surface area contributed by atoms with Crippen LogP contribution in [0.5, 0.6) is 0 Å². The molecule has 1 aliphatic heterocycles. The average molecular weight is 643 g/mol. The quantitative estimate of drug-likeness (QED) is 0.192. The van der Waals surface area contributed by atoms with Crippen molar-refractivity contribution in [3.63, 3.8) is 0 Å².